The van der Waals surface area contributed by atoms with Crippen LogP contribution in [0.3, 0.4) is 0 Å². The van der Waals surface area contributed by atoms with Crippen LogP contribution in [0.25, 0.3) is 0 Å². The van der Waals surface area contributed by atoms with E-state index in [0.29, 0.717) is 6.04 Å². The minimum Gasteiger partial charge on any atom is -0.313 e. The normalized spacial score (nSPS) is 21.8. The molecular formula is C15H25N3. The molecule has 0 saturated carbocycles. The number of hydrogen-bond acceptors (Lipinski definition) is 3. The molecule has 3 nitrogen and oxygen atoms in total. The largest absolute Gasteiger partial charge is 0.313 e. The topological polar surface area (TPSA) is 28.2 Å². The molecule has 1 N–H and O–H groups in total. The van der Waals surface area contributed by atoms with Gasteiger partial charge in [0.05, 0.1) is 5.69 Å². The summed E-state index contributed by atoms with van der Waals surface area (Å²) in [6, 6.07) is 4.83. The molecule has 1 fully saturated rings. The molecule has 1 saturated heterocycles. The molecule has 3 heteroatoms. The molecule has 0 bridgehead atoms. The van der Waals surface area contributed by atoms with Crippen molar-refractivity contribution in [1.82, 2.24) is 15.2 Å². The molecule has 0 spiro atoms. The van der Waals surface area contributed by atoms with Crippen LogP contribution in [0.4, 0.5) is 0 Å². The number of hydrogen-bond donors (Lipinski definition) is 1. The van der Waals surface area contributed by atoms with E-state index in [1.807, 2.05) is 12.3 Å². The minimum atomic E-state index is 0.654. The molecule has 1 aliphatic heterocycles. The number of nitrogens with zero attached hydrogens (tertiary/aromatic N) is 2. The fourth-order valence-corrected chi connectivity index (χ4v) is 2.66. The quantitative estimate of drug-likeness (QED) is 0.885. The summed E-state index contributed by atoms with van der Waals surface area (Å²) in [5.74, 6) is 0. The first-order valence-corrected chi connectivity index (χ1v) is 7.16. The van der Waals surface area contributed by atoms with Crippen LogP contribution in [0.2, 0.25) is 0 Å². The van der Waals surface area contributed by atoms with Crippen molar-refractivity contribution in [2.45, 2.75) is 45.7 Å². The van der Waals surface area contributed by atoms with Crippen molar-refractivity contribution in [2.75, 3.05) is 19.6 Å². The standard InChI is InChI=1S/C15H25N3/c1-3-6-14-11-18(10-5-9-16-14)12-15-13(2)7-4-8-17-15/h4,7-8,14,16H,3,5-6,9-12H2,1-2H3. The van der Waals surface area contributed by atoms with E-state index in [0.717, 1.165) is 19.6 Å². The Bertz CT molecular complexity index is 365. The summed E-state index contributed by atoms with van der Waals surface area (Å²) in [4.78, 5) is 7.06. The number of aryl methyl sites for hydroxylation is 1. The number of pyridine rings is 1. The lowest BCUT2D eigenvalue weighted by Gasteiger charge is -2.24. The highest BCUT2D eigenvalue weighted by molar-refractivity contribution is 5.17. The van der Waals surface area contributed by atoms with Crippen molar-refractivity contribution in [3.8, 4) is 0 Å². The molecule has 1 aromatic heterocycles. The van der Waals surface area contributed by atoms with Gasteiger partial charge in [-0.05, 0) is 44.5 Å². The number of aromatic nitrogens is 1. The second kappa shape index (κ2) is 6.86. The molecule has 0 aromatic carbocycles. The van der Waals surface area contributed by atoms with E-state index in [1.54, 1.807) is 0 Å². The summed E-state index contributed by atoms with van der Waals surface area (Å²) >= 11 is 0. The van der Waals surface area contributed by atoms with E-state index >= 15 is 0 Å². The van der Waals surface area contributed by atoms with Crippen LogP contribution >= 0.6 is 0 Å². The van der Waals surface area contributed by atoms with E-state index < -0.39 is 0 Å². The Labute approximate surface area is 111 Å². The zero-order valence-electron chi connectivity index (χ0n) is 11.7. The van der Waals surface area contributed by atoms with Gasteiger partial charge in [0, 0.05) is 25.3 Å². The lowest BCUT2D eigenvalue weighted by atomic mass is 10.1. The second-order valence-electron chi connectivity index (χ2n) is 5.30. The van der Waals surface area contributed by atoms with Gasteiger partial charge in [-0.1, -0.05) is 19.4 Å². The molecule has 1 aliphatic rings. The predicted octanol–water partition coefficient (Wildman–Crippen LogP) is 2.35. The highest BCUT2D eigenvalue weighted by atomic mass is 15.2. The minimum absolute atomic E-state index is 0.654. The zero-order valence-corrected chi connectivity index (χ0v) is 11.7. The van der Waals surface area contributed by atoms with Crippen molar-refractivity contribution in [2.24, 2.45) is 0 Å². The molecule has 1 unspecified atom stereocenters. The molecule has 0 amide bonds. The Balaban J connectivity index is 1.97. The van der Waals surface area contributed by atoms with Gasteiger partial charge in [0.15, 0.2) is 0 Å². The van der Waals surface area contributed by atoms with Crippen molar-refractivity contribution >= 4 is 0 Å². The van der Waals surface area contributed by atoms with Crippen molar-refractivity contribution in [3.63, 3.8) is 0 Å². The molecule has 0 aliphatic carbocycles. The van der Waals surface area contributed by atoms with Gasteiger partial charge < -0.3 is 5.32 Å². The van der Waals surface area contributed by atoms with Crippen molar-refractivity contribution in [3.05, 3.63) is 29.6 Å². The van der Waals surface area contributed by atoms with Gasteiger partial charge in [-0.15, -0.1) is 0 Å². The van der Waals surface area contributed by atoms with E-state index in [9.17, 15) is 0 Å². The van der Waals surface area contributed by atoms with Gasteiger partial charge in [-0.25, -0.2) is 0 Å². The molecule has 0 radical (unpaired) electrons. The SMILES string of the molecule is CCCC1CN(Cc2ncccc2C)CCCN1. The van der Waals surface area contributed by atoms with Gasteiger partial charge in [-0.3, -0.25) is 9.88 Å². The van der Waals surface area contributed by atoms with Gasteiger partial charge in [0.2, 0.25) is 0 Å². The van der Waals surface area contributed by atoms with Gasteiger partial charge in [0.1, 0.15) is 0 Å². The van der Waals surface area contributed by atoms with Crippen molar-refractivity contribution in [1.29, 1.82) is 0 Å². The summed E-state index contributed by atoms with van der Waals surface area (Å²) in [5.41, 5.74) is 2.54. The molecular weight excluding hydrogens is 222 g/mol. The van der Waals surface area contributed by atoms with Crippen molar-refractivity contribution < 1.29 is 0 Å². The van der Waals surface area contributed by atoms with Crippen LogP contribution < -0.4 is 5.32 Å². The molecule has 2 rings (SSSR count). The first kappa shape index (κ1) is 13.5. The highest BCUT2D eigenvalue weighted by Crippen LogP contribution is 2.11. The first-order chi connectivity index (χ1) is 8.79. The molecule has 1 atom stereocenters. The van der Waals surface area contributed by atoms with E-state index in [4.69, 9.17) is 0 Å². The van der Waals surface area contributed by atoms with Crippen LogP contribution in [0.5, 0.6) is 0 Å². The van der Waals surface area contributed by atoms with Gasteiger partial charge >= 0.3 is 0 Å². The monoisotopic (exact) mass is 247 g/mol. The van der Waals surface area contributed by atoms with Crippen LogP contribution in [0, 0.1) is 6.92 Å². The smallest absolute Gasteiger partial charge is 0.0573 e. The summed E-state index contributed by atoms with van der Waals surface area (Å²) < 4.78 is 0. The zero-order chi connectivity index (χ0) is 12.8. The molecule has 1 aromatic rings. The Hall–Kier alpha value is -0.930. The lowest BCUT2D eigenvalue weighted by Crippen LogP contribution is -2.37. The van der Waals surface area contributed by atoms with E-state index in [-0.39, 0.29) is 0 Å². The first-order valence-electron chi connectivity index (χ1n) is 7.16. The van der Waals surface area contributed by atoms with E-state index in [2.05, 4.69) is 35.1 Å². The average Bonchev–Trinajstić information content (AvgIpc) is 2.58. The summed E-state index contributed by atoms with van der Waals surface area (Å²) in [6.07, 6.45) is 5.68. The Morgan fingerprint density at radius 2 is 2.39 bits per heavy atom. The van der Waals surface area contributed by atoms with Crippen LogP contribution in [-0.4, -0.2) is 35.6 Å². The van der Waals surface area contributed by atoms with Gasteiger partial charge in [-0.2, -0.15) is 0 Å². The fourth-order valence-electron chi connectivity index (χ4n) is 2.66. The number of nitrogens with one attached hydrogen (secondary N) is 1. The Morgan fingerprint density at radius 3 is 3.17 bits per heavy atom. The van der Waals surface area contributed by atoms with Crippen LogP contribution in [-0.2, 0) is 6.54 Å². The summed E-state index contributed by atoms with van der Waals surface area (Å²) in [5, 5.41) is 3.65. The lowest BCUT2D eigenvalue weighted by molar-refractivity contribution is 0.251. The molecule has 18 heavy (non-hydrogen) atoms. The van der Waals surface area contributed by atoms with Crippen LogP contribution in [0.15, 0.2) is 18.3 Å². The Morgan fingerprint density at radius 1 is 1.50 bits per heavy atom. The van der Waals surface area contributed by atoms with Gasteiger partial charge in [0.25, 0.3) is 0 Å². The number of rotatable bonds is 4. The third kappa shape index (κ3) is 3.79. The maximum absolute atomic E-state index is 4.51. The summed E-state index contributed by atoms with van der Waals surface area (Å²) in [6.45, 7) is 8.91. The average molecular weight is 247 g/mol. The highest BCUT2D eigenvalue weighted by Gasteiger charge is 2.17. The Kier molecular flexibility index (Phi) is 5.14. The molecule has 2 heterocycles. The van der Waals surface area contributed by atoms with E-state index in [1.165, 1.54) is 37.1 Å². The third-order valence-electron chi connectivity index (χ3n) is 3.69. The maximum atomic E-state index is 4.51. The second-order valence-corrected chi connectivity index (χ2v) is 5.30. The fraction of sp³-hybridized carbons (Fsp3) is 0.667. The predicted molar refractivity (Wildman–Crippen MR) is 75.6 cm³/mol. The third-order valence-corrected chi connectivity index (χ3v) is 3.69. The molecule has 100 valence electrons. The summed E-state index contributed by atoms with van der Waals surface area (Å²) in [7, 11) is 0. The van der Waals surface area contributed by atoms with Crippen LogP contribution in [0.1, 0.15) is 37.4 Å². The maximum Gasteiger partial charge on any atom is 0.0573 e.